The molecule has 12 nitrogen and oxygen atoms in total. The number of aromatic nitrogens is 1. The highest BCUT2D eigenvalue weighted by Crippen LogP contribution is 2.29. The van der Waals surface area contributed by atoms with Gasteiger partial charge >= 0.3 is 30.3 Å². The molecule has 8 N–H and O–H groups in total. The molecule has 1 saturated carbocycles. The highest BCUT2D eigenvalue weighted by Gasteiger charge is 2.38. The van der Waals surface area contributed by atoms with E-state index in [-0.39, 0.29) is 18.0 Å². The number of aliphatic carboxylic acids is 2. The topological polar surface area (TPSA) is 206 Å². The van der Waals surface area contributed by atoms with E-state index in [4.69, 9.17) is 35.7 Å². The lowest BCUT2D eigenvalue weighted by molar-refractivity contribution is -0.193. The first-order valence-corrected chi connectivity index (χ1v) is 12.0. The normalized spacial score (nSPS) is 15.1. The largest absolute Gasteiger partial charge is 0.490 e. The minimum atomic E-state index is -5.08. The number of nitrogens with one attached hydrogen (secondary N) is 2. The number of amides is 2. The highest BCUT2D eigenvalue weighted by molar-refractivity contribution is 5.95. The predicted molar refractivity (Wildman–Crippen MR) is 130 cm³/mol. The SMILES string of the molecule is Cc1nc(N)oc1CCCN=C(N)NC(=O)NCC(C)C1CCCCC1.O=C(O)C(F)(F)F.O=C(O)C(F)(F)F. The van der Waals surface area contributed by atoms with Crippen LogP contribution in [0.4, 0.5) is 37.2 Å². The van der Waals surface area contributed by atoms with Gasteiger partial charge in [0.05, 0.1) is 5.69 Å². The summed E-state index contributed by atoms with van der Waals surface area (Å²) in [5, 5.41) is 19.7. The number of oxazole rings is 1. The zero-order valence-electron chi connectivity index (χ0n) is 21.9. The number of hydrogen-bond donors (Lipinski definition) is 6. The van der Waals surface area contributed by atoms with Crippen molar-refractivity contribution in [2.75, 3.05) is 18.8 Å². The zero-order valence-corrected chi connectivity index (χ0v) is 21.9. The summed E-state index contributed by atoms with van der Waals surface area (Å²) in [6, 6.07) is -0.117. The summed E-state index contributed by atoms with van der Waals surface area (Å²) in [5.41, 5.74) is 12.1. The molecule has 1 aromatic rings. The summed E-state index contributed by atoms with van der Waals surface area (Å²) in [7, 11) is 0. The zero-order chi connectivity index (χ0) is 31.1. The van der Waals surface area contributed by atoms with Crippen LogP contribution in [0.25, 0.3) is 0 Å². The summed E-state index contributed by atoms with van der Waals surface area (Å²) in [5.74, 6) is -3.43. The van der Waals surface area contributed by atoms with E-state index in [1.54, 1.807) is 0 Å². The van der Waals surface area contributed by atoms with E-state index in [1.807, 2.05) is 6.92 Å². The van der Waals surface area contributed by atoms with Gasteiger partial charge in [0.2, 0.25) is 0 Å². The smallest absolute Gasteiger partial charge is 0.475 e. The number of carboxylic acids is 2. The lowest BCUT2D eigenvalue weighted by Gasteiger charge is -2.27. The summed E-state index contributed by atoms with van der Waals surface area (Å²) >= 11 is 0. The summed E-state index contributed by atoms with van der Waals surface area (Å²) < 4.78 is 68.8. The maximum atomic E-state index is 11.9. The first-order chi connectivity index (χ1) is 18.3. The number of halogens is 6. The molecule has 0 aliphatic heterocycles. The van der Waals surface area contributed by atoms with Gasteiger partial charge in [0.15, 0.2) is 5.96 Å². The van der Waals surface area contributed by atoms with Crippen LogP contribution in [0.3, 0.4) is 0 Å². The Morgan fingerprint density at radius 3 is 2.00 bits per heavy atom. The molecule has 1 fully saturated rings. The van der Waals surface area contributed by atoms with Crippen LogP contribution in [0.5, 0.6) is 0 Å². The van der Waals surface area contributed by atoms with Gasteiger partial charge in [0.1, 0.15) is 5.76 Å². The van der Waals surface area contributed by atoms with E-state index in [9.17, 15) is 31.1 Å². The van der Waals surface area contributed by atoms with Gasteiger partial charge in [-0.15, -0.1) is 0 Å². The highest BCUT2D eigenvalue weighted by atomic mass is 19.4. The van der Waals surface area contributed by atoms with Gasteiger partial charge in [0, 0.05) is 19.5 Å². The predicted octanol–water partition coefficient (Wildman–Crippen LogP) is 3.59. The molecule has 40 heavy (non-hydrogen) atoms. The minimum Gasteiger partial charge on any atom is -0.475 e. The Bertz CT molecular complexity index is 952. The van der Waals surface area contributed by atoms with Gasteiger partial charge in [-0.25, -0.2) is 14.4 Å². The summed E-state index contributed by atoms with van der Waals surface area (Å²) in [6.07, 6.45) is -2.26. The van der Waals surface area contributed by atoms with Crippen molar-refractivity contribution in [3.63, 3.8) is 0 Å². The van der Waals surface area contributed by atoms with E-state index in [2.05, 4.69) is 27.5 Å². The number of anilines is 1. The average Bonchev–Trinajstić information content (AvgIpc) is 3.17. The number of nitrogens with zero attached hydrogens (tertiary/aromatic N) is 2. The molecule has 0 spiro atoms. The van der Waals surface area contributed by atoms with Crippen LogP contribution >= 0.6 is 0 Å². The van der Waals surface area contributed by atoms with Crippen molar-refractivity contribution in [2.45, 2.75) is 71.1 Å². The van der Waals surface area contributed by atoms with Crippen LogP contribution in [0.15, 0.2) is 9.41 Å². The number of aliphatic imine (C=N–C) groups is 1. The number of nitrogens with two attached hydrogens (primary N) is 2. The Labute approximate surface area is 225 Å². The number of hydrogen-bond acceptors (Lipinski definition) is 7. The maximum Gasteiger partial charge on any atom is 0.490 e. The molecule has 0 bridgehead atoms. The van der Waals surface area contributed by atoms with Crippen molar-refractivity contribution in [1.29, 1.82) is 0 Å². The van der Waals surface area contributed by atoms with Crippen LogP contribution in [0.1, 0.15) is 56.9 Å². The molecule has 0 aromatic carbocycles. The molecule has 1 heterocycles. The average molecular weight is 593 g/mol. The molecule has 230 valence electrons. The van der Waals surface area contributed by atoms with E-state index < -0.39 is 24.3 Å². The molecular weight excluding hydrogens is 558 g/mol. The third kappa shape index (κ3) is 16.3. The van der Waals surface area contributed by atoms with Crippen LogP contribution in [-0.2, 0) is 16.0 Å². The van der Waals surface area contributed by atoms with Crippen LogP contribution in [0.2, 0.25) is 0 Å². The number of rotatable bonds is 7. The molecule has 1 atom stereocenters. The number of nitrogen functional groups attached to an aromatic ring is 1. The summed E-state index contributed by atoms with van der Waals surface area (Å²) in [4.78, 5) is 37.9. The van der Waals surface area contributed by atoms with Gasteiger partial charge in [-0.1, -0.05) is 39.0 Å². The van der Waals surface area contributed by atoms with Gasteiger partial charge in [-0.05, 0) is 25.2 Å². The minimum absolute atomic E-state index is 0.127. The van der Waals surface area contributed by atoms with E-state index in [0.717, 1.165) is 17.9 Å². The summed E-state index contributed by atoms with van der Waals surface area (Å²) in [6.45, 7) is 5.21. The molecule has 2 rings (SSSR count). The number of urea groups is 1. The van der Waals surface area contributed by atoms with Crippen molar-refractivity contribution >= 4 is 29.9 Å². The van der Waals surface area contributed by atoms with E-state index in [1.165, 1.54) is 32.1 Å². The lowest BCUT2D eigenvalue weighted by Crippen LogP contribution is -2.45. The number of carboxylic acid groups (broad SMARTS) is 2. The van der Waals surface area contributed by atoms with Crippen LogP contribution < -0.4 is 22.1 Å². The molecule has 1 aliphatic rings. The van der Waals surface area contributed by atoms with E-state index >= 15 is 0 Å². The standard InChI is InChI=1S/C18H32N6O2.2C2HF3O2/c1-12(14-7-4-3-5-8-14)11-22-18(25)24-16(19)21-10-6-9-15-13(2)23-17(20)26-15;2*3-2(4,5)1(6)7/h12,14H,3-11H2,1-2H3,(H2,20,23)(H4,19,21,22,24,25);2*(H,6,7). The van der Waals surface area contributed by atoms with Crippen molar-refractivity contribution in [3.05, 3.63) is 11.5 Å². The number of alkyl halides is 6. The van der Waals surface area contributed by atoms with E-state index in [0.29, 0.717) is 31.3 Å². The number of aryl methyl sites for hydroxylation is 2. The van der Waals surface area contributed by atoms with Gasteiger partial charge < -0.3 is 31.4 Å². The lowest BCUT2D eigenvalue weighted by atomic mass is 9.81. The number of carbonyl (C=O) groups is 3. The molecule has 18 heteroatoms. The molecule has 1 aromatic heterocycles. The Morgan fingerprint density at radius 1 is 1.07 bits per heavy atom. The molecule has 1 aliphatic carbocycles. The van der Waals surface area contributed by atoms with Crippen molar-refractivity contribution in [3.8, 4) is 0 Å². The second-order valence-electron chi connectivity index (χ2n) is 8.75. The molecule has 1 unspecified atom stereocenters. The quantitative estimate of drug-likeness (QED) is 0.118. The number of guanidine groups is 1. The monoisotopic (exact) mass is 592 g/mol. The fourth-order valence-electron chi connectivity index (χ4n) is 3.45. The molecule has 0 radical (unpaired) electrons. The van der Waals surface area contributed by atoms with Crippen molar-refractivity contribution in [2.24, 2.45) is 22.6 Å². The fourth-order valence-corrected chi connectivity index (χ4v) is 3.45. The van der Waals surface area contributed by atoms with Crippen molar-refractivity contribution < 1.29 is 55.4 Å². The Morgan fingerprint density at radius 2 is 1.57 bits per heavy atom. The Hall–Kier alpha value is -3.73. The van der Waals surface area contributed by atoms with Gasteiger partial charge in [0.25, 0.3) is 6.01 Å². The molecule has 2 amide bonds. The third-order valence-electron chi connectivity index (χ3n) is 5.52. The fraction of sp³-hybridized carbons (Fsp3) is 0.682. The first kappa shape index (κ1) is 36.3. The van der Waals surface area contributed by atoms with Gasteiger partial charge in [-0.3, -0.25) is 10.3 Å². The third-order valence-corrected chi connectivity index (χ3v) is 5.52. The first-order valence-electron chi connectivity index (χ1n) is 12.0. The maximum absolute atomic E-state index is 11.9. The van der Waals surface area contributed by atoms with Crippen molar-refractivity contribution in [1.82, 2.24) is 15.6 Å². The molecule has 0 saturated heterocycles. The second kappa shape index (κ2) is 17.1. The Balaban J connectivity index is 0.000000894. The Kier molecular flexibility index (Phi) is 15.5. The van der Waals surface area contributed by atoms with Crippen LogP contribution in [-0.4, -0.2) is 64.6 Å². The van der Waals surface area contributed by atoms with Gasteiger partial charge in [-0.2, -0.15) is 31.3 Å². The molecular formula is C22H34F6N6O6. The van der Waals surface area contributed by atoms with Crippen LogP contribution in [0, 0.1) is 18.8 Å². The second-order valence-corrected chi connectivity index (χ2v) is 8.75. The number of carbonyl (C=O) groups excluding carboxylic acids is 1.